The first-order valence-electron chi connectivity index (χ1n) is 2.89. The number of rotatable bonds is 4. The van der Waals surface area contributed by atoms with E-state index in [-0.39, 0.29) is 0 Å². The van der Waals surface area contributed by atoms with Gasteiger partial charge in [-0.1, -0.05) is 6.58 Å². The van der Waals surface area contributed by atoms with E-state index in [9.17, 15) is 4.79 Å². The molecule has 0 aliphatic heterocycles. The quantitative estimate of drug-likeness (QED) is 0.364. The number of allylic oxidation sites excluding steroid dienone is 1. The van der Waals surface area contributed by atoms with Gasteiger partial charge in [-0.15, -0.1) is 0 Å². The topological polar surface area (TPSA) is 46.5 Å². The van der Waals surface area contributed by atoms with Gasteiger partial charge in [0.05, 0.1) is 6.61 Å². The Bertz CT molecular complexity index is 158. The van der Waals surface area contributed by atoms with Crippen LogP contribution >= 0.6 is 0 Å². The first-order chi connectivity index (χ1) is 4.66. The molecule has 0 aliphatic rings. The normalized spacial score (nSPS) is 9.70. The second kappa shape index (κ2) is 4.61. The van der Waals surface area contributed by atoms with Crippen molar-refractivity contribution >= 4 is 5.97 Å². The van der Waals surface area contributed by atoms with Crippen molar-refractivity contribution in [3.8, 4) is 0 Å². The zero-order valence-electron chi connectivity index (χ0n) is 5.83. The molecule has 3 nitrogen and oxygen atoms in total. The fourth-order valence-electron chi connectivity index (χ4n) is 0.398. The summed E-state index contributed by atoms with van der Waals surface area (Å²) in [6, 6.07) is 0. The van der Waals surface area contributed by atoms with Gasteiger partial charge in [0, 0.05) is 6.08 Å². The molecular weight excluding hydrogens is 132 g/mol. The van der Waals surface area contributed by atoms with Gasteiger partial charge in [-0.2, -0.15) is 0 Å². The number of carboxylic acids is 1. The van der Waals surface area contributed by atoms with E-state index in [0.29, 0.717) is 12.4 Å². The standard InChI is InChI=1S/C7H10O3/c1-3-10-6(2)4-5-7(8)9/h4-5H,2-3H2,1H3,(H,8,9)/b5-4-. The lowest BCUT2D eigenvalue weighted by Gasteiger charge is -1.98. The van der Waals surface area contributed by atoms with Crippen molar-refractivity contribution in [3.63, 3.8) is 0 Å². The Balaban J connectivity index is 3.67. The number of carbonyl (C=O) groups is 1. The van der Waals surface area contributed by atoms with Crippen molar-refractivity contribution in [2.75, 3.05) is 6.61 Å². The maximum Gasteiger partial charge on any atom is 0.328 e. The lowest BCUT2D eigenvalue weighted by molar-refractivity contribution is -0.131. The summed E-state index contributed by atoms with van der Waals surface area (Å²) in [6.07, 6.45) is 2.30. The molecule has 0 radical (unpaired) electrons. The van der Waals surface area contributed by atoms with E-state index in [1.807, 2.05) is 0 Å². The summed E-state index contributed by atoms with van der Waals surface area (Å²) in [4.78, 5) is 9.92. The molecule has 56 valence electrons. The molecule has 0 aromatic rings. The smallest absolute Gasteiger partial charge is 0.328 e. The Hall–Kier alpha value is -1.25. The summed E-state index contributed by atoms with van der Waals surface area (Å²) >= 11 is 0. The number of carboxylic acid groups (broad SMARTS) is 1. The molecule has 0 aromatic heterocycles. The highest BCUT2D eigenvalue weighted by Gasteiger charge is 1.87. The summed E-state index contributed by atoms with van der Waals surface area (Å²) < 4.78 is 4.85. The Morgan fingerprint density at radius 3 is 2.70 bits per heavy atom. The van der Waals surface area contributed by atoms with E-state index in [1.165, 1.54) is 6.08 Å². The van der Waals surface area contributed by atoms with Gasteiger partial charge < -0.3 is 9.84 Å². The summed E-state index contributed by atoms with van der Waals surface area (Å²) in [5, 5.41) is 8.15. The van der Waals surface area contributed by atoms with Crippen LogP contribution in [-0.2, 0) is 9.53 Å². The minimum atomic E-state index is -0.999. The summed E-state index contributed by atoms with van der Waals surface area (Å²) in [6.45, 7) is 5.75. The van der Waals surface area contributed by atoms with Crippen LogP contribution in [0.15, 0.2) is 24.5 Å². The molecular formula is C7H10O3. The molecule has 0 spiro atoms. The first kappa shape index (κ1) is 8.75. The maximum absolute atomic E-state index is 9.92. The van der Waals surface area contributed by atoms with Crippen LogP contribution in [0.1, 0.15) is 6.92 Å². The SMILES string of the molecule is C=C(/C=C\C(=O)O)OCC. The summed E-state index contributed by atoms with van der Waals surface area (Å²) in [5.74, 6) is -0.634. The van der Waals surface area contributed by atoms with Crippen molar-refractivity contribution in [1.82, 2.24) is 0 Å². The molecule has 0 fully saturated rings. The highest BCUT2D eigenvalue weighted by atomic mass is 16.5. The molecule has 0 saturated heterocycles. The largest absolute Gasteiger partial charge is 0.495 e. The van der Waals surface area contributed by atoms with Gasteiger partial charge in [0.2, 0.25) is 0 Å². The third-order valence-corrected chi connectivity index (χ3v) is 0.742. The van der Waals surface area contributed by atoms with E-state index < -0.39 is 5.97 Å². The van der Waals surface area contributed by atoms with E-state index in [4.69, 9.17) is 9.84 Å². The zero-order chi connectivity index (χ0) is 7.98. The summed E-state index contributed by atoms with van der Waals surface area (Å²) in [7, 11) is 0. The first-order valence-corrected chi connectivity index (χ1v) is 2.89. The third kappa shape index (κ3) is 4.90. The van der Waals surface area contributed by atoms with E-state index in [1.54, 1.807) is 6.92 Å². The molecule has 0 aliphatic carbocycles. The summed E-state index contributed by atoms with van der Waals surface area (Å²) in [5.41, 5.74) is 0. The molecule has 0 bridgehead atoms. The second-order valence-electron chi connectivity index (χ2n) is 1.57. The molecule has 0 heterocycles. The van der Waals surface area contributed by atoms with Gasteiger partial charge in [-0.3, -0.25) is 0 Å². The molecule has 0 saturated carbocycles. The second-order valence-corrected chi connectivity index (χ2v) is 1.57. The van der Waals surface area contributed by atoms with Crippen LogP contribution < -0.4 is 0 Å². The van der Waals surface area contributed by atoms with Gasteiger partial charge in [-0.05, 0) is 13.0 Å². The number of aliphatic carboxylic acids is 1. The Labute approximate surface area is 59.6 Å². The molecule has 0 aromatic carbocycles. The Morgan fingerprint density at radius 1 is 1.70 bits per heavy atom. The number of hydrogen-bond donors (Lipinski definition) is 1. The van der Waals surface area contributed by atoms with Crippen molar-refractivity contribution < 1.29 is 14.6 Å². The molecule has 0 unspecified atom stereocenters. The van der Waals surface area contributed by atoms with Gasteiger partial charge in [0.25, 0.3) is 0 Å². The molecule has 0 atom stereocenters. The van der Waals surface area contributed by atoms with Crippen LogP contribution in [0.5, 0.6) is 0 Å². The van der Waals surface area contributed by atoms with Crippen LogP contribution in [0.4, 0.5) is 0 Å². The van der Waals surface area contributed by atoms with Crippen molar-refractivity contribution in [1.29, 1.82) is 0 Å². The molecule has 3 heteroatoms. The van der Waals surface area contributed by atoms with Crippen molar-refractivity contribution in [2.24, 2.45) is 0 Å². The predicted octanol–water partition coefficient (Wildman–Crippen LogP) is 1.18. The van der Waals surface area contributed by atoms with Crippen LogP contribution in [0.3, 0.4) is 0 Å². The van der Waals surface area contributed by atoms with Crippen LogP contribution in [0.25, 0.3) is 0 Å². The average Bonchev–Trinajstić information content (AvgIpc) is 1.85. The lowest BCUT2D eigenvalue weighted by atomic mass is 10.4. The minimum Gasteiger partial charge on any atom is -0.495 e. The molecule has 10 heavy (non-hydrogen) atoms. The monoisotopic (exact) mass is 142 g/mol. The van der Waals surface area contributed by atoms with E-state index >= 15 is 0 Å². The average molecular weight is 142 g/mol. The van der Waals surface area contributed by atoms with Gasteiger partial charge in [0.1, 0.15) is 5.76 Å². The Morgan fingerprint density at radius 2 is 2.30 bits per heavy atom. The van der Waals surface area contributed by atoms with Gasteiger partial charge >= 0.3 is 5.97 Å². The van der Waals surface area contributed by atoms with Crippen molar-refractivity contribution in [2.45, 2.75) is 6.92 Å². The molecule has 0 rings (SSSR count). The third-order valence-electron chi connectivity index (χ3n) is 0.742. The van der Waals surface area contributed by atoms with Crippen molar-refractivity contribution in [3.05, 3.63) is 24.5 Å². The number of ether oxygens (including phenoxy) is 1. The van der Waals surface area contributed by atoms with Crippen LogP contribution in [-0.4, -0.2) is 17.7 Å². The van der Waals surface area contributed by atoms with Gasteiger partial charge in [-0.25, -0.2) is 4.79 Å². The van der Waals surface area contributed by atoms with E-state index in [0.717, 1.165) is 6.08 Å². The van der Waals surface area contributed by atoms with Crippen LogP contribution in [0, 0.1) is 0 Å². The maximum atomic E-state index is 9.92. The number of hydrogen-bond acceptors (Lipinski definition) is 2. The fourth-order valence-corrected chi connectivity index (χ4v) is 0.398. The minimum absolute atomic E-state index is 0.366. The lowest BCUT2D eigenvalue weighted by Crippen LogP contribution is -1.89. The molecule has 1 N–H and O–H groups in total. The van der Waals surface area contributed by atoms with E-state index in [2.05, 4.69) is 6.58 Å². The fraction of sp³-hybridized carbons (Fsp3) is 0.286. The Kier molecular flexibility index (Phi) is 4.04. The molecule has 0 amide bonds. The zero-order valence-corrected chi connectivity index (χ0v) is 5.83. The van der Waals surface area contributed by atoms with Gasteiger partial charge in [0.15, 0.2) is 0 Å². The highest BCUT2D eigenvalue weighted by molar-refractivity contribution is 5.80. The highest BCUT2D eigenvalue weighted by Crippen LogP contribution is 1.93. The predicted molar refractivity (Wildman–Crippen MR) is 37.5 cm³/mol. The van der Waals surface area contributed by atoms with Crippen LogP contribution in [0.2, 0.25) is 0 Å².